The van der Waals surface area contributed by atoms with Crippen molar-refractivity contribution in [2.45, 2.75) is 18.6 Å². The van der Waals surface area contributed by atoms with Crippen molar-refractivity contribution in [3.8, 4) is 0 Å². The highest BCUT2D eigenvalue weighted by Gasteiger charge is 2.34. The number of amides is 3. The highest BCUT2D eigenvalue weighted by atomic mass is 32.2. The molecule has 1 aromatic heterocycles. The summed E-state index contributed by atoms with van der Waals surface area (Å²) in [4.78, 5) is 48.6. The molecule has 2 N–H and O–H groups in total. The number of nitrogens with one attached hydrogen (secondary N) is 2. The second-order valence-corrected chi connectivity index (χ2v) is 7.81. The van der Waals surface area contributed by atoms with Crippen LogP contribution < -0.4 is 10.6 Å². The number of carbonyl (C=O) groups excluding carboxylic acids is 4. The first kappa shape index (κ1) is 18.9. The van der Waals surface area contributed by atoms with Gasteiger partial charge in [0.15, 0.2) is 5.76 Å². The lowest BCUT2D eigenvalue weighted by Gasteiger charge is -2.08. The zero-order valence-electron chi connectivity index (χ0n) is 15.4. The largest absolute Gasteiger partial charge is 0.450 e. The van der Waals surface area contributed by atoms with Gasteiger partial charge < -0.3 is 9.73 Å². The van der Waals surface area contributed by atoms with Gasteiger partial charge in [0, 0.05) is 17.4 Å². The number of furan rings is 1. The summed E-state index contributed by atoms with van der Waals surface area (Å²) in [6.07, 6.45) is -0.195. The molecule has 2 aromatic carbocycles. The molecular weight excluding hydrogens is 392 g/mol. The molecular formula is C21H16N2O5S. The quantitative estimate of drug-likeness (QED) is 0.624. The molecule has 0 spiro atoms. The number of anilines is 1. The molecule has 8 heteroatoms. The van der Waals surface area contributed by atoms with Gasteiger partial charge in [-0.15, -0.1) is 0 Å². The predicted molar refractivity (Wildman–Crippen MR) is 109 cm³/mol. The molecule has 1 aliphatic heterocycles. The van der Waals surface area contributed by atoms with Crippen molar-refractivity contribution >= 4 is 51.3 Å². The standard InChI is InChI=1S/C21H16N2O5S/c1-11-6-8-12(9-7-11)18(25)19-17(13-4-2-3-5-14(13)28-19)22-16(24)10-15-20(26)23-21(27)29-15/h2-9,15H,10H2,1H3,(H,22,24)(H,23,26,27). The monoisotopic (exact) mass is 408 g/mol. The fraction of sp³-hybridized carbons (Fsp3) is 0.143. The van der Waals surface area contributed by atoms with Crippen molar-refractivity contribution in [1.82, 2.24) is 5.32 Å². The van der Waals surface area contributed by atoms with Gasteiger partial charge in [-0.2, -0.15) is 0 Å². The van der Waals surface area contributed by atoms with Gasteiger partial charge in [0.05, 0.1) is 5.69 Å². The van der Waals surface area contributed by atoms with E-state index in [4.69, 9.17) is 4.42 Å². The third-order valence-corrected chi connectivity index (χ3v) is 5.50. The molecule has 0 radical (unpaired) electrons. The highest BCUT2D eigenvalue weighted by Crippen LogP contribution is 2.33. The fourth-order valence-electron chi connectivity index (χ4n) is 3.05. The zero-order valence-corrected chi connectivity index (χ0v) is 16.2. The minimum atomic E-state index is -0.795. The van der Waals surface area contributed by atoms with Crippen molar-refractivity contribution in [3.63, 3.8) is 0 Å². The van der Waals surface area contributed by atoms with Crippen LogP contribution in [0.3, 0.4) is 0 Å². The number of para-hydroxylation sites is 1. The Hall–Kier alpha value is -3.39. The summed E-state index contributed by atoms with van der Waals surface area (Å²) in [5.41, 5.74) is 2.16. The number of hydrogen-bond acceptors (Lipinski definition) is 6. The van der Waals surface area contributed by atoms with Gasteiger partial charge >= 0.3 is 0 Å². The van der Waals surface area contributed by atoms with E-state index in [1.807, 2.05) is 19.1 Å². The van der Waals surface area contributed by atoms with E-state index in [0.29, 0.717) is 16.5 Å². The van der Waals surface area contributed by atoms with Crippen molar-refractivity contribution in [2.24, 2.45) is 0 Å². The van der Waals surface area contributed by atoms with Crippen molar-refractivity contribution in [2.75, 3.05) is 5.32 Å². The van der Waals surface area contributed by atoms with Gasteiger partial charge in [0.25, 0.3) is 5.24 Å². The maximum Gasteiger partial charge on any atom is 0.286 e. The Labute approximate surface area is 169 Å². The molecule has 7 nitrogen and oxygen atoms in total. The molecule has 1 aliphatic rings. The van der Waals surface area contributed by atoms with Gasteiger partial charge in [0.1, 0.15) is 10.8 Å². The van der Waals surface area contributed by atoms with Crippen molar-refractivity contribution in [1.29, 1.82) is 0 Å². The molecule has 1 unspecified atom stereocenters. The van der Waals surface area contributed by atoms with E-state index in [1.54, 1.807) is 36.4 Å². The average molecular weight is 408 g/mol. The lowest BCUT2D eigenvalue weighted by Crippen LogP contribution is -2.27. The maximum absolute atomic E-state index is 13.0. The van der Waals surface area contributed by atoms with Gasteiger partial charge in [0.2, 0.25) is 17.6 Å². The summed E-state index contributed by atoms with van der Waals surface area (Å²) in [5, 5.41) is 4.16. The van der Waals surface area contributed by atoms with Crippen molar-refractivity contribution < 1.29 is 23.6 Å². The second kappa shape index (κ2) is 7.56. The molecule has 2 heterocycles. The van der Waals surface area contributed by atoms with E-state index >= 15 is 0 Å². The van der Waals surface area contributed by atoms with E-state index < -0.39 is 22.3 Å². The molecule has 4 rings (SSSR count). The SMILES string of the molecule is Cc1ccc(C(=O)c2oc3ccccc3c2NC(=O)CC2SC(=O)NC2=O)cc1. The number of hydrogen-bond donors (Lipinski definition) is 2. The topological polar surface area (TPSA) is 105 Å². The molecule has 1 atom stereocenters. The first-order valence-electron chi connectivity index (χ1n) is 8.86. The minimum Gasteiger partial charge on any atom is -0.450 e. The number of aryl methyl sites for hydroxylation is 1. The number of imide groups is 1. The molecule has 0 bridgehead atoms. The Morgan fingerprint density at radius 1 is 1.10 bits per heavy atom. The first-order valence-corrected chi connectivity index (χ1v) is 9.74. The van der Waals surface area contributed by atoms with E-state index in [2.05, 4.69) is 10.6 Å². The van der Waals surface area contributed by atoms with Gasteiger partial charge in [-0.1, -0.05) is 53.7 Å². The molecule has 3 amide bonds. The van der Waals surface area contributed by atoms with Crippen LogP contribution in [0, 0.1) is 6.92 Å². The average Bonchev–Trinajstić information content (AvgIpc) is 3.21. The molecule has 1 saturated heterocycles. The maximum atomic E-state index is 13.0. The summed E-state index contributed by atoms with van der Waals surface area (Å²) in [6.45, 7) is 1.92. The Morgan fingerprint density at radius 3 is 2.52 bits per heavy atom. The highest BCUT2D eigenvalue weighted by molar-refractivity contribution is 8.15. The Balaban J connectivity index is 1.65. The third-order valence-electron chi connectivity index (χ3n) is 4.52. The van der Waals surface area contributed by atoms with E-state index in [-0.39, 0.29) is 23.7 Å². The summed E-state index contributed by atoms with van der Waals surface area (Å²) in [6, 6.07) is 14.0. The number of rotatable bonds is 5. The van der Waals surface area contributed by atoms with E-state index in [0.717, 1.165) is 17.3 Å². The Morgan fingerprint density at radius 2 is 1.83 bits per heavy atom. The lowest BCUT2D eigenvalue weighted by molar-refractivity contribution is -0.122. The zero-order chi connectivity index (χ0) is 20.5. The van der Waals surface area contributed by atoms with Crippen LogP contribution in [-0.2, 0) is 9.59 Å². The van der Waals surface area contributed by atoms with Crippen LogP contribution in [0.15, 0.2) is 52.9 Å². The fourth-order valence-corrected chi connectivity index (χ4v) is 3.87. The van der Waals surface area contributed by atoms with Crippen LogP contribution in [0.1, 0.15) is 28.1 Å². The van der Waals surface area contributed by atoms with E-state index in [9.17, 15) is 19.2 Å². The predicted octanol–water partition coefficient (Wildman–Crippen LogP) is 3.65. The molecule has 0 saturated carbocycles. The van der Waals surface area contributed by atoms with Gasteiger partial charge in [-0.05, 0) is 19.1 Å². The van der Waals surface area contributed by atoms with Gasteiger partial charge in [-0.25, -0.2) is 0 Å². The summed E-state index contributed by atoms with van der Waals surface area (Å²) in [5.74, 6) is -1.33. The summed E-state index contributed by atoms with van der Waals surface area (Å²) in [7, 11) is 0. The van der Waals surface area contributed by atoms with Crippen LogP contribution >= 0.6 is 11.8 Å². The normalized spacial score (nSPS) is 16.1. The van der Waals surface area contributed by atoms with Crippen LogP contribution in [0.5, 0.6) is 0 Å². The van der Waals surface area contributed by atoms with E-state index in [1.165, 1.54) is 0 Å². The van der Waals surface area contributed by atoms with Crippen LogP contribution in [0.2, 0.25) is 0 Å². The smallest absolute Gasteiger partial charge is 0.286 e. The third kappa shape index (κ3) is 3.79. The summed E-state index contributed by atoms with van der Waals surface area (Å²) < 4.78 is 5.75. The molecule has 146 valence electrons. The first-order chi connectivity index (χ1) is 13.9. The molecule has 0 aliphatic carbocycles. The second-order valence-electron chi connectivity index (χ2n) is 6.63. The van der Waals surface area contributed by atoms with Crippen molar-refractivity contribution in [3.05, 3.63) is 65.4 Å². The Bertz CT molecular complexity index is 1150. The number of thioether (sulfide) groups is 1. The lowest BCUT2D eigenvalue weighted by atomic mass is 10.1. The minimum absolute atomic E-state index is 0.0167. The molecule has 29 heavy (non-hydrogen) atoms. The molecule has 3 aromatic rings. The number of ketones is 1. The number of benzene rings is 2. The van der Waals surface area contributed by atoms with Crippen LogP contribution in [0.4, 0.5) is 10.5 Å². The Kier molecular flexibility index (Phi) is 4.94. The molecule has 1 fully saturated rings. The number of carbonyl (C=O) groups is 4. The van der Waals surface area contributed by atoms with Gasteiger partial charge in [-0.3, -0.25) is 24.5 Å². The van der Waals surface area contributed by atoms with Crippen LogP contribution in [0.25, 0.3) is 11.0 Å². The summed E-state index contributed by atoms with van der Waals surface area (Å²) >= 11 is 0.776. The number of fused-ring (bicyclic) bond motifs is 1. The van der Waals surface area contributed by atoms with Crippen LogP contribution in [-0.4, -0.2) is 28.1 Å².